The number of nitro groups is 1. The maximum absolute atomic E-state index is 12.3. The summed E-state index contributed by atoms with van der Waals surface area (Å²) in [5.41, 5.74) is 0.360. The van der Waals surface area contributed by atoms with Gasteiger partial charge in [0.1, 0.15) is 18.3 Å². The number of hydrogen-bond donors (Lipinski definition) is 0. The van der Waals surface area contributed by atoms with E-state index < -0.39 is 4.92 Å². The van der Waals surface area contributed by atoms with Gasteiger partial charge in [0.15, 0.2) is 0 Å². The number of nitro benzene ring substituents is 1. The number of benzene rings is 1. The van der Waals surface area contributed by atoms with Crippen molar-refractivity contribution in [3.8, 4) is 5.69 Å². The van der Waals surface area contributed by atoms with Crippen molar-refractivity contribution in [2.24, 2.45) is 5.92 Å². The van der Waals surface area contributed by atoms with E-state index in [1.54, 1.807) is 18.0 Å². The Morgan fingerprint density at radius 3 is 2.73 bits per heavy atom. The fourth-order valence-electron chi connectivity index (χ4n) is 2.18. The van der Waals surface area contributed by atoms with E-state index in [-0.39, 0.29) is 22.8 Å². The molecule has 2 aromatic rings. The fourth-order valence-corrected chi connectivity index (χ4v) is 2.18. The van der Waals surface area contributed by atoms with Crippen molar-refractivity contribution in [2.75, 3.05) is 13.6 Å². The zero-order valence-electron chi connectivity index (χ0n) is 12.6. The van der Waals surface area contributed by atoms with E-state index in [4.69, 9.17) is 0 Å². The predicted octanol–water partition coefficient (Wildman–Crippen LogP) is 1.90. The summed E-state index contributed by atoms with van der Waals surface area (Å²) in [6.07, 6.45) is 2.66. The molecule has 1 aromatic carbocycles. The van der Waals surface area contributed by atoms with Crippen molar-refractivity contribution < 1.29 is 9.72 Å². The van der Waals surface area contributed by atoms with Gasteiger partial charge >= 0.3 is 0 Å². The predicted molar refractivity (Wildman–Crippen MR) is 79.8 cm³/mol. The molecule has 0 unspecified atom stereocenters. The van der Waals surface area contributed by atoms with Crippen molar-refractivity contribution >= 4 is 11.6 Å². The molecule has 0 radical (unpaired) electrons. The van der Waals surface area contributed by atoms with Gasteiger partial charge in [0.25, 0.3) is 11.6 Å². The summed E-state index contributed by atoms with van der Waals surface area (Å²) in [5, 5.41) is 15.1. The van der Waals surface area contributed by atoms with Crippen molar-refractivity contribution in [1.29, 1.82) is 0 Å². The van der Waals surface area contributed by atoms with Gasteiger partial charge in [-0.15, -0.1) is 0 Å². The van der Waals surface area contributed by atoms with Crippen LogP contribution in [0.4, 0.5) is 5.69 Å². The Kier molecular flexibility index (Phi) is 4.50. The van der Waals surface area contributed by atoms with Gasteiger partial charge in [-0.05, 0) is 18.1 Å². The highest BCUT2D eigenvalue weighted by molar-refractivity contribution is 5.95. The molecule has 0 saturated heterocycles. The lowest BCUT2D eigenvalue weighted by Gasteiger charge is -2.19. The van der Waals surface area contributed by atoms with Crippen LogP contribution in [0.25, 0.3) is 5.69 Å². The third-order valence-corrected chi connectivity index (χ3v) is 3.07. The molecule has 0 aliphatic carbocycles. The van der Waals surface area contributed by atoms with Crippen LogP contribution in [0.5, 0.6) is 0 Å². The van der Waals surface area contributed by atoms with Gasteiger partial charge in [-0.1, -0.05) is 13.8 Å². The Bertz CT molecular complexity index is 682. The molecule has 22 heavy (non-hydrogen) atoms. The van der Waals surface area contributed by atoms with Gasteiger partial charge < -0.3 is 4.90 Å². The molecule has 0 saturated carbocycles. The lowest BCUT2D eigenvalue weighted by atomic mass is 10.1. The summed E-state index contributed by atoms with van der Waals surface area (Å²) in [4.78, 5) is 28.4. The Hall–Kier alpha value is -2.77. The highest BCUT2D eigenvalue weighted by Crippen LogP contribution is 2.24. The van der Waals surface area contributed by atoms with Crippen molar-refractivity contribution in [3.05, 3.63) is 46.5 Å². The molecule has 0 fully saturated rings. The Morgan fingerprint density at radius 1 is 1.45 bits per heavy atom. The number of aromatic nitrogens is 3. The Labute approximate surface area is 127 Å². The molecule has 0 aliphatic rings. The minimum Gasteiger partial charge on any atom is -0.341 e. The highest BCUT2D eigenvalue weighted by atomic mass is 16.6. The Morgan fingerprint density at radius 2 is 2.18 bits per heavy atom. The molecule has 0 atom stereocenters. The molecule has 116 valence electrons. The van der Waals surface area contributed by atoms with Crippen LogP contribution in [0.3, 0.4) is 0 Å². The third kappa shape index (κ3) is 3.27. The summed E-state index contributed by atoms with van der Waals surface area (Å²) < 4.78 is 1.30. The zero-order valence-corrected chi connectivity index (χ0v) is 12.6. The minimum absolute atomic E-state index is 0.186. The van der Waals surface area contributed by atoms with E-state index in [2.05, 4.69) is 10.1 Å². The number of amides is 1. The Balaban J connectivity index is 2.38. The number of carbonyl (C=O) groups is 1. The third-order valence-electron chi connectivity index (χ3n) is 3.07. The van der Waals surface area contributed by atoms with Gasteiger partial charge in [-0.25, -0.2) is 9.67 Å². The van der Waals surface area contributed by atoms with Gasteiger partial charge in [-0.3, -0.25) is 14.9 Å². The zero-order chi connectivity index (χ0) is 16.3. The van der Waals surface area contributed by atoms with Crippen LogP contribution in [-0.2, 0) is 0 Å². The van der Waals surface area contributed by atoms with Crippen LogP contribution >= 0.6 is 0 Å². The SMILES string of the molecule is CC(C)CN(C)C(=O)c1ccc(-n2cncn2)c([N+](=O)[O-])c1. The van der Waals surface area contributed by atoms with E-state index in [0.29, 0.717) is 12.5 Å². The lowest BCUT2D eigenvalue weighted by molar-refractivity contribution is -0.384. The van der Waals surface area contributed by atoms with Crippen molar-refractivity contribution in [3.63, 3.8) is 0 Å². The van der Waals surface area contributed by atoms with Crippen molar-refractivity contribution in [1.82, 2.24) is 19.7 Å². The van der Waals surface area contributed by atoms with E-state index in [1.165, 1.54) is 29.5 Å². The molecule has 0 bridgehead atoms. The molecule has 2 rings (SSSR count). The molecule has 1 heterocycles. The maximum Gasteiger partial charge on any atom is 0.295 e. The summed E-state index contributed by atoms with van der Waals surface area (Å²) >= 11 is 0. The second-order valence-corrected chi connectivity index (χ2v) is 5.38. The highest BCUT2D eigenvalue weighted by Gasteiger charge is 2.21. The van der Waals surface area contributed by atoms with E-state index in [9.17, 15) is 14.9 Å². The summed E-state index contributed by atoms with van der Waals surface area (Å²) in [6, 6.07) is 4.34. The number of nitrogens with zero attached hydrogens (tertiary/aromatic N) is 5. The molecule has 8 heteroatoms. The fraction of sp³-hybridized carbons (Fsp3) is 0.357. The van der Waals surface area contributed by atoms with Crippen LogP contribution in [0.15, 0.2) is 30.9 Å². The number of rotatable bonds is 5. The topological polar surface area (TPSA) is 94.2 Å². The smallest absolute Gasteiger partial charge is 0.295 e. The van der Waals surface area contributed by atoms with Gasteiger partial charge in [0.05, 0.1) is 4.92 Å². The standard InChI is InChI=1S/C14H17N5O3/c1-10(2)7-17(3)14(20)11-4-5-12(13(6-11)19(21)22)18-9-15-8-16-18/h4-6,8-10H,7H2,1-3H3. The van der Waals surface area contributed by atoms with E-state index in [0.717, 1.165) is 0 Å². The molecular formula is C14H17N5O3. The molecule has 0 N–H and O–H groups in total. The maximum atomic E-state index is 12.3. The summed E-state index contributed by atoms with van der Waals surface area (Å²) in [6.45, 7) is 4.58. The first-order chi connectivity index (χ1) is 10.4. The second kappa shape index (κ2) is 6.33. The van der Waals surface area contributed by atoms with Crippen LogP contribution in [-0.4, -0.2) is 44.1 Å². The first kappa shape index (κ1) is 15.6. The molecule has 8 nitrogen and oxygen atoms in total. The summed E-state index contributed by atoms with van der Waals surface area (Å²) in [5.74, 6) is 0.0697. The number of hydrogen-bond acceptors (Lipinski definition) is 5. The summed E-state index contributed by atoms with van der Waals surface area (Å²) in [7, 11) is 1.68. The van der Waals surface area contributed by atoms with Gasteiger partial charge in [0, 0.05) is 25.2 Å². The van der Waals surface area contributed by atoms with Crippen LogP contribution in [0, 0.1) is 16.0 Å². The molecule has 0 aliphatic heterocycles. The molecule has 1 amide bonds. The number of carbonyl (C=O) groups excluding carboxylic acids is 1. The van der Waals surface area contributed by atoms with Gasteiger partial charge in [0.2, 0.25) is 0 Å². The average molecular weight is 303 g/mol. The molecule has 1 aromatic heterocycles. The van der Waals surface area contributed by atoms with Crippen LogP contribution in [0.2, 0.25) is 0 Å². The normalized spacial score (nSPS) is 10.7. The lowest BCUT2D eigenvalue weighted by Crippen LogP contribution is -2.30. The first-order valence-electron chi connectivity index (χ1n) is 6.79. The van der Waals surface area contributed by atoms with Crippen molar-refractivity contribution in [2.45, 2.75) is 13.8 Å². The molecular weight excluding hydrogens is 286 g/mol. The minimum atomic E-state index is -0.532. The van der Waals surface area contributed by atoms with E-state index >= 15 is 0 Å². The largest absolute Gasteiger partial charge is 0.341 e. The first-order valence-corrected chi connectivity index (χ1v) is 6.79. The average Bonchev–Trinajstić information content (AvgIpc) is 2.99. The van der Waals surface area contributed by atoms with Crippen LogP contribution in [0.1, 0.15) is 24.2 Å². The van der Waals surface area contributed by atoms with Crippen LogP contribution < -0.4 is 0 Å². The molecule has 0 spiro atoms. The monoisotopic (exact) mass is 303 g/mol. The van der Waals surface area contributed by atoms with Gasteiger partial charge in [-0.2, -0.15) is 5.10 Å². The second-order valence-electron chi connectivity index (χ2n) is 5.38. The quantitative estimate of drug-likeness (QED) is 0.621. The van der Waals surface area contributed by atoms with E-state index in [1.807, 2.05) is 13.8 Å².